The standard InChI is InChI=1S/C23H25N3O2/c1-17(18-9-4-3-5-10-18)24-22(27)15-26(2)16-23(28)25-21-14-8-12-19-11-6-7-13-20(19)21/h3-14,17H,15-16H2,1-2H3,(H,24,27)(H,25,28)/t17-/m0/s1. The Labute approximate surface area is 165 Å². The molecule has 0 saturated carbocycles. The monoisotopic (exact) mass is 375 g/mol. The highest BCUT2D eigenvalue weighted by Gasteiger charge is 2.14. The molecule has 3 aromatic carbocycles. The molecule has 0 spiro atoms. The van der Waals surface area contributed by atoms with Crippen molar-refractivity contribution in [3.05, 3.63) is 78.4 Å². The number of rotatable bonds is 7. The molecule has 3 aromatic rings. The minimum Gasteiger partial charge on any atom is -0.348 e. The first-order valence-electron chi connectivity index (χ1n) is 9.33. The van der Waals surface area contributed by atoms with E-state index in [-0.39, 0.29) is 30.9 Å². The molecule has 0 bridgehead atoms. The summed E-state index contributed by atoms with van der Waals surface area (Å²) in [6, 6.07) is 23.4. The second-order valence-corrected chi connectivity index (χ2v) is 6.95. The van der Waals surface area contributed by atoms with Gasteiger partial charge >= 0.3 is 0 Å². The maximum absolute atomic E-state index is 12.4. The van der Waals surface area contributed by atoms with E-state index in [0.29, 0.717) is 0 Å². The van der Waals surface area contributed by atoms with Crippen LogP contribution in [0.1, 0.15) is 18.5 Å². The molecule has 2 amide bonds. The van der Waals surface area contributed by atoms with E-state index in [1.54, 1.807) is 11.9 Å². The van der Waals surface area contributed by atoms with Gasteiger partial charge in [0.2, 0.25) is 11.8 Å². The molecule has 3 rings (SSSR count). The predicted octanol–water partition coefficient (Wildman–Crippen LogP) is 3.59. The van der Waals surface area contributed by atoms with E-state index < -0.39 is 0 Å². The first-order valence-corrected chi connectivity index (χ1v) is 9.33. The molecule has 5 nitrogen and oxygen atoms in total. The van der Waals surface area contributed by atoms with Gasteiger partial charge in [0.15, 0.2) is 0 Å². The van der Waals surface area contributed by atoms with Crippen molar-refractivity contribution in [1.29, 1.82) is 0 Å². The van der Waals surface area contributed by atoms with Crippen LogP contribution in [-0.4, -0.2) is 36.9 Å². The van der Waals surface area contributed by atoms with Gasteiger partial charge in [0, 0.05) is 11.1 Å². The molecule has 0 saturated heterocycles. The molecule has 1 atom stereocenters. The molecule has 0 aliphatic carbocycles. The molecule has 0 aromatic heterocycles. The molecule has 28 heavy (non-hydrogen) atoms. The van der Waals surface area contributed by atoms with Crippen LogP contribution in [-0.2, 0) is 9.59 Å². The Hall–Kier alpha value is -3.18. The lowest BCUT2D eigenvalue weighted by molar-refractivity contribution is -0.123. The fourth-order valence-electron chi connectivity index (χ4n) is 3.18. The quantitative estimate of drug-likeness (QED) is 0.663. The van der Waals surface area contributed by atoms with Gasteiger partial charge in [-0.3, -0.25) is 14.5 Å². The van der Waals surface area contributed by atoms with Crippen LogP contribution >= 0.6 is 0 Å². The highest BCUT2D eigenvalue weighted by molar-refractivity contribution is 6.02. The summed E-state index contributed by atoms with van der Waals surface area (Å²) >= 11 is 0. The topological polar surface area (TPSA) is 61.4 Å². The Bertz CT molecular complexity index is 951. The van der Waals surface area contributed by atoms with Crippen LogP contribution in [0.25, 0.3) is 10.8 Å². The van der Waals surface area contributed by atoms with Crippen LogP contribution in [0.15, 0.2) is 72.8 Å². The summed E-state index contributed by atoms with van der Waals surface area (Å²) in [5.41, 5.74) is 1.82. The zero-order chi connectivity index (χ0) is 19.9. The van der Waals surface area contributed by atoms with Gasteiger partial charge in [-0.05, 0) is 31.0 Å². The molecule has 0 aliphatic heterocycles. The summed E-state index contributed by atoms with van der Waals surface area (Å²) in [6.45, 7) is 2.23. The fraction of sp³-hybridized carbons (Fsp3) is 0.217. The number of carbonyl (C=O) groups excluding carboxylic acids is 2. The van der Waals surface area contributed by atoms with Gasteiger partial charge in [0.25, 0.3) is 0 Å². The van der Waals surface area contributed by atoms with Crippen molar-refractivity contribution >= 4 is 28.3 Å². The maximum Gasteiger partial charge on any atom is 0.238 e. The smallest absolute Gasteiger partial charge is 0.238 e. The Morgan fingerprint density at radius 2 is 1.50 bits per heavy atom. The first-order chi connectivity index (χ1) is 13.5. The van der Waals surface area contributed by atoms with Crippen molar-refractivity contribution in [2.24, 2.45) is 0 Å². The van der Waals surface area contributed by atoms with Crippen molar-refractivity contribution in [2.45, 2.75) is 13.0 Å². The highest BCUT2D eigenvalue weighted by Crippen LogP contribution is 2.22. The van der Waals surface area contributed by atoms with Crippen LogP contribution < -0.4 is 10.6 Å². The number of nitrogens with one attached hydrogen (secondary N) is 2. The Kier molecular flexibility index (Phi) is 6.40. The Morgan fingerprint density at radius 3 is 2.29 bits per heavy atom. The highest BCUT2D eigenvalue weighted by atomic mass is 16.2. The molecule has 0 aliphatic rings. The normalized spacial score (nSPS) is 12.0. The lowest BCUT2D eigenvalue weighted by Gasteiger charge is -2.19. The molecule has 0 heterocycles. The predicted molar refractivity (Wildman–Crippen MR) is 113 cm³/mol. The fourth-order valence-corrected chi connectivity index (χ4v) is 3.18. The summed E-state index contributed by atoms with van der Waals surface area (Å²) in [6.07, 6.45) is 0. The van der Waals surface area contributed by atoms with Crippen LogP contribution in [0.3, 0.4) is 0 Å². The summed E-state index contributed by atoms with van der Waals surface area (Å²) in [4.78, 5) is 26.4. The molecular weight excluding hydrogens is 350 g/mol. The summed E-state index contributed by atoms with van der Waals surface area (Å²) in [7, 11) is 1.76. The Balaban J connectivity index is 1.52. The largest absolute Gasteiger partial charge is 0.348 e. The number of nitrogens with zero attached hydrogens (tertiary/aromatic N) is 1. The van der Waals surface area contributed by atoms with Crippen molar-refractivity contribution in [2.75, 3.05) is 25.5 Å². The minimum absolute atomic E-state index is 0.0772. The van der Waals surface area contributed by atoms with E-state index in [9.17, 15) is 9.59 Å². The van der Waals surface area contributed by atoms with Gasteiger partial charge in [0.1, 0.15) is 0 Å². The molecular formula is C23H25N3O2. The lowest BCUT2D eigenvalue weighted by Crippen LogP contribution is -2.39. The molecule has 0 radical (unpaired) electrons. The van der Waals surface area contributed by atoms with Gasteiger partial charge in [-0.15, -0.1) is 0 Å². The average molecular weight is 375 g/mol. The number of carbonyl (C=O) groups is 2. The first kappa shape index (κ1) is 19.6. The zero-order valence-corrected chi connectivity index (χ0v) is 16.2. The summed E-state index contributed by atoms with van der Waals surface area (Å²) in [5.74, 6) is -0.264. The molecule has 5 heteroatoms. The van der Waals surface area contributed by atoms with Crippen LogP contribution in [0.2, 0.25) is 0 Å². The number of hydrogen-bond acceptors (Lipinski definition) is 3. The van der Waals surface area contributed by atoms with Crippen LogP contribution in [0.4, 0.5) is 5.69 Å². The molecule has 144 valence electrons. The van der Waals surface area contributed by atoms with E-state index in [4.69, 9.17) is 0 Å². The summed E-state index contributed by atoms with van der Waals surface area (Å²) < 4.78 is 0. The minimum atomic E-state index is -0.150. The van der Waals surface area contributed by atoms with E-state index >= 15 is 0 Å². The second kappa shape index (κ2) is 9.15. The van der Waals surface area contributed by atoms with E-state index in [2.05, 4.69) is 10.6 Å². The van der Waals surface area contributed by atoms with Gasteiger partial charge < -0.3 is 10.6 Å². The molecule has 0 unspecified atom stereocenters. The van der Waals surface area contributed by atoms with Gasteiger partial charge in [-0.1, -0.05) is 66.7 Å². The number of anilines is 1. The van der Waals surface area contributed by atoms with Crippen molar-refractivity contribution in [3.63, 3.8) is 0 Å². The SMILES string of the molecule is C[C@H](NC(=O)CN(C)CC(=O)Nc1cccc2ccccc12)c1ccccc1. The number of likely N-dealkylation sites (N-methyl/N-ethyl adjacent to an activating group) is 1. The van der Waals surface area contributed by atoms with E-state index in [0.717, 1.165) is 22.0 Å². The van der Waals surface area contributed by atoms with Gasteiger partial charge in [-0.25, -0.2) is 0 Å². The second-order valence-electron chi connectivity index (χ2n) is 6.95. The third-order valence-electron chi connectivity index (χ3n) is 4.57. The van der Waals surface area contributed by atoms with Crippen molar-refractivity contribution < 1.29 is 9.59 Å². The zero-order valence-electron chi connectivity index (χ0n) is 16.2. The third-order valence-corrected chi connectivity index (χ3v) is 4.57. The maximum atomic E-state index is 12.4. The van der Waals surface area contributed by atoms with Crippen molar-refractivity contribution in [1.82, 2.24) is 10.2 Å². The number of benzene rings is 3. The van der Waals surface area contributed by atoms with Crippen molar-refractivity contribution in [3.8, 4) is 0 Å². The summed E-state index contributed by atoms with van der Waals surface area (Å²) in [5, 5.41) is 7.97. The third kappa shape index (κ3) is 5.18. The molecule has 0 fully saturated rings. The van der Waals surface area contributed by atoms with Gasteiger partial charge in [0.05, 0.1) is 19.1 Å². The van der Waals surface area contributed by atoms with E-state index in [1.165, 1.54) is 0 Å². The van der Waals surface area contributed by atoms with E-state index in [1.807, 2.05) is 79.7 Å². The number of fused-ring (bicyclic) bond motifs is 1. The lowest BCUT2D eigenvalue weighted by atomic mass is 10.1. The van der Waals surface area contributed by atoms with Crippen LogP contribution in [0, 0.1) is 0 Å². The van der Waals surface area contributed by atoms with Crippen LogP contribution in [0.5, 0.6) is 0 Å². The number of hydrogen-bond donors (Lipinski definition) is 2. The molecule has 2 N–H and O–H groups in total. The Morgan fingerprint density at radius 1 is 0.857 bits per heavy atom. The number of amides is 2. The average Bonchev–Trinajstić information content (AvgIpc) is 2.68. The van der Waals surface area contributed by atoms with Gasteiger partial charge in [-0.2, -0.15) is 0 Å².